The Morgan fingerprint density at radius 2 is 2.12 bits per heavy atom. The van der Waals surface area contributed by atoms with Crippen molar-refractivity contribution in [3.05, 3.63) is 29.6 Å². The van der Waals surface area contributed by atoms with E-state index in [1.807, 2.05) is 6.07 Å². The number of para-hydroxylation sites is 1. The highest BCUT2D eigenvalue weighted by atomic mass is 19.1. The third-order valence-electron chi connectivity index (χ3n) is 3.38. The van der Waals surface area contributed by atoms with Crippen LogP contribution >= 0.6 is 0 Å². The number of nitrogens with zero attached hydrogens (tertiary/aromatic N) is 1. The lowest BCUT2D eigenvalue weighted by atomic mass is 10.0. The molecule has 1 aliphatic heterocycles. The molecule has 1 saturated heterocycles. The van der Waals surface area contributed by atoms with Gasteiger partial charge in [0.2, 0.25) is 0 Å². The van der Waals surface area contributed by atoms with Crippen molar-refractivity contribution in [2.75, 3.05) is 25.1 Å². The third kappa shape index (κ3) is 2.58. The molecule has 0 unspecified atom stereocenters. The Labute approximate surface area is 101 Å². The highest BCUT2D eigenvalue weighted by Crippen LogP contribution is 2.27. The van der Waals surface area contributed by atoms with Gasteiger partial charge in [0.15, 0.2) is 0 Å². The molecule has 0 radical (unpaired) electrons. The van der Waals surface area contributed by atoms with E-state index in [1.54, 1.807) is 13.2 Å². The van der Waals surface area contributed by atoms with Gasteiger partial charge in [0.25, 0.3) is 0 Å². The number of benzene rings is 1. The number of hydrogen-bond acceptors (Lipinski definition) is 3. The van der Waals surface area contributed by atoms with Gasteiger partial charge in [-0.15, -0.1) is 0 Å². The number of nitrogens with two attached hydrogens (primary N) is 1. The maximum Gasteiger partial charge on any atom is 0.146 e. The minimum atomic E-state index is -0.177. The summed E-state index contributed by atoms with van der Waals surface area (Å²) in [5, 5.41) is 0. The van der Waals surface area contributed by atoms with Crippen LogP contribution in [-0.4, -0.2) is 26.3 Å². The molecule has 0 bridgehead atoms. The smallest absolute Gasteiger partial charge is 0.146 e. The number of halogens is 1. The number of rotatable bonds is 3. The summed E-state index contributed by atoms with van der Waals surface area (Å²) in [6, 6.07) is 5.10. The summed E-state index contributed by atoms with van der Waals surface area (Å²) in [6.45, 7) is 2.02. The molecule has 1 aromatic carbocycles. The Kier molecular flexibility index (Phi) is 3.97. The molecule has 0 aromatic heterocycles. The van der Waals surface area contributed by atoms with Crippen LogP contribution < -0.4 is 10.6 Å². The molecule has 0 aliphatic carbocycles. The van der Waals surface area contributed by atoms with Crippen LogP contribution in [0.5, 0.6) is 0 Å². The quantitative estimate of drug-likeness (QED) is 0.874. The van der Waals surface area contributed by atoms with Gasteiger partial charge in [0.1, 0.15) is 5.82 Å². The molecular formula is C13H19FN2O. The highest BCUT2D eigenvalue weighted by Gasteiger charge is 2.22. The maximum absolute atomic E-state index is 13.9. The molecular weight excluding hydrogens is 219 g/mol. The summed E-state index contributed by atoms with van der Waals surface area (Å²) in [7, 11) is 1.73. The minimum Gasteiger partial charge on any atom is -0.381 e. The zero-order chi connectivity index (χ0) is 12.3. The fourth-order valence-corrected chi connectivity index (χ4v) is 2.39. The zero-order valence-electron chi connectivity index (χ0n) is 10.2. The number of ether oxygens (including phenoxy) is 1. The number of methoxy groups -OCH3 is 1. The molecule has 1 aromatic rings. The van der Waals surface area contributed by atoms with Gasteiger partial charge in [-0.2, -0.15) is 0 Å². The first-order valence-electron chi connectivity index (χ1n) is 6.01. The van der Waals surface area contributed by atoms with Gasteiger partial charge in [-0.05, 0) is 24.5 Å². The van der Waals surface area contributed by atoms with Crippen LogP contribution in [0.2, 0.25) is 0 Å². The van der Waals surface area contributed by atoms with Crippen LogP contribution in [0.15, 0.2) is 18.2 Å². The highest BCUT2D eigenvalue weighted by molar-refractivity contribution is 5.55. The Bertz CT molecular complexity index is 376. The normalized spacial score (nSPS) is 17.5. The first kappa shape index (κ1) is 12.3. The summed E-state index contributed by atoms with van der Waals surface area (Å²) >= 11 is 0. The van der Waals surface area contributed by atoms with Crippen LogP contribution in [0, 0.1) is 5.82 Å². The zero-order valence-corrected chi connectivity index (χ0v) is 10.2. The van der Waals surface area contributed by atoms with Crippen LogP contribution in [-0.2, 0) is 11.3 Å². The van der Waals surface area contributed by atoms with Crippen molar-refractivity contribution in [1.29, 1.82) is 0 Å². The predicted octanol–water partition coefficient (Wildman–Crippen LogP) is 1.90. The van der Waals surface area contributed by atoms with Gasteiger partial charge in [0, 0.05) is 26.7 Å². The predicted molar refractivity (Wildman–Crippen MR) is 66.5 cm³/mol. The van der Waals surface area contributed by atoms with Crippen LogP contribution in [0.1, 0.15) is 18.4 Å². The third-order valence-corrected chi connectivity index (χ3v) is 3.38. The Morgan fingerprint density at radius 1 is 1.41 bits per heavy atom. The molecule has 94 valence electrons. The Hall–Kier alpha value is -1.13. The molecule has 0 saturated carbocycles. The second-order valence-electron chi connectivity index (χ2n) is 4.37. The van der Waals surface area contributed by atoms with E-state index in [4.69, 9.17) is 10.5 Å². The molecule has 2 N–H and O–H groups in total. The molecule has 0 amide bonds. The van der Waals surface area contributed by atoms with E-state index in [2.05, 4.69) is 4.90 Å². The van der Waals surface area contributed by atoms with Gasteiger partial charge >= 0.3 is 0 Å². The van der Waals surface area contributed by atoms with E-state index in [0.29, 0.717) is 18.3 Å². The molecule has 0 atom stereocenters. The van der Waals surface area contributed by atoms with E-state index in [1.165, 1.54) is 6.07 Å². The van der Waals surface area contributed by atoms with Gasteiger partial charge in [-0.25, -0.2) is 4.39 Å². The summed E-state index contributed by atoms with van der Waals surface area (Å²) in [5.74, 6) is -0.177. The number of anilines is 1. The van der Waals surface area contributed by atoms with Crippen molar-refractivity contribution in [2.45, 2.75) is 25.5 Å². The van der Waals surface area contributed by atoms with Gasteiger partial charge in [-0.3, -0.25) is 0 Å². The number of piperidine rings is 1. The van der Waals surface area contributed by atoms with Crippen molar-refractivity contribution < 1.29 is 9.13 Å². The second kappa shape index (κ2) is 5.47. The van der Waals surface area contributed by atoms with Gasteiger partial charge in [0.05, 0.1) is 11.8 Å². The molecule has 2 rings (SSSR count). The van der Waals surface area contributed by atoms with Crippen LogP contribution in [0.4, 0.5) is 10.1 Å². The largest absolute Gasteiger partial charge is 0.381 e. The van der Waals surface area contributed by atoms with Crippen molar-refractivity contribution >= 4 is 5.69 Å². The lowest BCUT2D eigenvalue weighted by Crippen LogP contribution is -2.37. The average Bonchev–Trinajstić information content (AvgIpc) is 2.38. The Morgan fingerprint density at radius 3 is 2.71 bits per heavy atom. The first-order chi connectivity index (χ1) is 8.26. The number of hydrogen-bond donors (Lipinski definition) is 1. The second-order valence-corrected chi connectivity index (χ2v) is 4.37. The standard InChI is InChI=1S/C13H19FN2O/c1-17-11-5-7-16(8-6-11)13-10(9-15)3-2-4-12(13)14/h2-4,11H,5-9,15H2,1H3. The summed E-state index contributed by atoms with van der Waals surface area (Å²) in [6.07, 6.45) is 2.18. The molecule has 1 fully saturated rings. The lowest BCUT2D eigenvalue weighted by molar-refractivity contribution is 0.0818. The van der Waals surface area contributed by atoms with Gasteiger partial charge < -0.3 is 15.4 Å². The van der Waals surface area contributed by atoms with Crippen molar-refractivity contribution in [3.63, 3.8) is 0 Å². The topological polar surface area (TPSA) is 38.5 Å². The monoisotopic (exact) mass is 238 g/mol. The van der Waals surface area contributed by atoms with E-state index in [9.17, 15) is 4.39 Å². The van der Waals surface area contributed by atoms with Crippen LogP contribution in [0.3, 0.4) is 0 Å². The molecule has 3 nitrogen and oxygen atoms in total. The average molecular weight is 238 g/mol. The SMILES string of the molecule is COC1CCN(c2c(F)cccc2CN)CC1. The summed E-state index contributed by atoms with van der Waals surface area (Å²) < 4.78 is 19.2. The van der Waals surface area contributed by atoms with Crippen molar-refractivity contribution in [1.82, 2.24) is 0 Å². The fraction of sp³-hybridized carbons (Fsp3) is 0.538. The van der Waals surface area contributed by atoms with Crippen molar-refractivity contribution in [2.24, 2.45) is 5.73 Å². The summed E-state index contributed by atoms with van der Waals surface area (Å²) in [5.41, 5.74) is 7.21. The maximum atomic E-state index is 13.9. The lowest BCUT2D eigenvalue weighted by Gasteiger charge is -2.34. The summed E-state index contributed by atoms with van der Waals surface area (Å²) in [4.78, 5) is 2.08. The van der Waals surface area contributed by atoms with E-state index >= 15 is 0 Å². The van der Waals surface area contributed by atoms with Crippen molar-refractivity contribution in [3.8, 4) is 0 Å². The van der Waals surface area contributed by atoms with Crippen LogP contribution in [0.25, 0.3) is 0 Å². The van der Waals surface area contributed by atoms with Gasteiger partial charge in [-0.1, -0.05) is 12.1 Å². The molecule has 0 spiro atoms. The first-order valence-corrected chi connectivity index (χ1v) is 6.01. The minimum absolute atomic E-state index is 0.177. The van der Waals surface area contributed by atoms with E-state index < -0.39 is 0 Å². The Balaban J connectivity index is 2.17. The van der Waals surface area contributed by atoms with E-state index in [-0.39, 0.29) is 5.82 Å². The fourth-order valence-electron chi connectivity index (χ4n) is 2.39. The molecule has 17 heavy (non-hydrogen) atoms. The molecule has 4 heteroatoms. The molecule has 1 heterocycles. The molecule has 1 aliphatic rings. The van der Waals surface area contributed by atoms with E-state index in [0.717, 1.165) is 31.5 Å².